The molecule has 0 saturated carbocycles. The number of likely N-dealkylation sites (N-methyl/N-ethyl adjacent to an activating group) is 1. The molecule has 0 radical (unpaired) electrons. The number of amides is 1. The maximum Gasteiger partial charge on any atom is 0.416 e. The average molecular weight is 327 g/mol. The molecule has 0 aromatic heterocycles. The lowest BCUT2D eigenvalue weighted by atomic mass is 10.1. The summed E-state index contributed by atoms with van der Waals surface area (Å²) in [6.45, 7) is 1.29. The highest BCUT2D eigenvalue weighted by Gasteiger charge is 2.33. The number of benzene rings is 1. The Morgan fingerprint density at radius 3 is 2.57 bits per heavy atom. The Labute approximate surface area is 125 Å². The van der Waals surface area contributed by atoms with E-state index >= 15 is 0 Å². The molecule has 1 unspecified atom stereocenters. The highest BCUT2D eigenvalue weighted by atomic mass is 35.5. The second-order valence-corrected chi connectivity index (χ2v) is 4.76. The number of nitrogens with zero attached hydrogens (tertiary/aromatic N) is 1. The van der Waals surface area contributed by atoms with Crippen LogP contribution in [0.3, 0.4) is 0 Å². The fraction of sp³-hybridized carbons (Fsp3) is 0.462. The van der Waals surface area contributed by atoms with E-state index in [0.717, 1.165) is 6.54 Å². The van der Waals surface area contributed by atoms with Crippen LogP contribution in [0.4, 0.5) is 17.6 Å². The van der Waals surface area contributed by atoms with Crippen molar-refractivity contribution in [3.8, 4) is 0 Å². The maximum absolute atomic E-state index is 13.6. The fourth-order valence-corrected chi connectivity index (χ4v) is 2.19. The van der Waals surface area contributed by atoms with E-state index in [4.69, 9.17) is 0 Å². The first-order valence-electron chi connectivity index (χ1n) is 6.15. The molecule has 1 fully saturated rings. The van der Waals surface area contributed by atoms with E-state index in [2.05, 4.69) is 5.32 Å². The lowest BCUT2D eigenvalue weighted by molar-refractivity contribution is -0.137. The summed E-state index contributed by atoms with van der Waals surface area (Å²) >= 11 is 0. The largest absolute Gasteiger partial charge is 0.416 e. The van der Waals surface area contributed by atoms with Crippen molar-refractivity contribution < 1.29 is 22.4 Å². The molecule has 118 valence electrons. The Morgan fingerprint density at radius 1 is 1.38 bits per heavy atom. The van der Waals surface area contributed by atoms with Gasteiger partial charge in [-0.05, 0) is 31.2 Å². The topological polar surface area (TPSA) is 32.3 Å². The summed E-state index contributed by atoms with van der Waals surface area (Å²) in [5, 5.41) is 3.04. The van der Waals surface area contributed by atoms with Crippen molar-refractivity contribution in [3.63, 3.8) is 0 Å². The van der Waals surface area contributed by atoms with E-state index < -0.39 is 29.0 Å². The van der Waals surface area contributed by atoms with E-state index in [-0.39, 0.29) is 18.4 Å². The minimum absolute atomic E-state index is 0. The Balaban J connectivity index is 0.00000220. The summed E-state index contributed by atoms with van der Waals surface area (Å²) in [5.74, 6) is -1.68. The Morgan fingerprint density at radius 2 is 2.05 bits per heavy atom. The van der Waals surface area contributed by atoms with Gasteiger partial charge in [0, 0.05) is 19.6 Å². The smallest absolute Gasteiger partial charge is 0.337 e. The minimum atomic E-state index is -4.60. The van der Waals surface area contributed by atoms with Gasteiger partial charge in [0.05, 0.1) is 11.1 Å². The van der Waals surface area contributed by atoms with Crippen LogP contribution in [0.2, 0.25) is 0 Å². The number of carbonyl (C=O) groups is 1. The zero-order valence-electron chi connectivity index (χ0n) is 11.2. The van der Waals surface area contributed by atoms with Crippen molar-refractivity contribution in [1.29, 1.82) is 0 Å². The van der Waals surface area contributed by atoms with Gasteiger partial charge in [0.25, 0.3) is 5.91 Å². The highest BCUT2D eigenvalue weighted by molar-refractivity contribution is 5.94. The van der Waals surface area contributed by atoms with Gasteiger partial charge in [0.1, 0.15) is 5.82 Å². The van der Waals surface area contributed by atoms with E-state index in [1.54, 1.807) is 0 Å². The monoisotopic (exact) mass is 326 g/mol. The Bertz CT molecular complexity index is 515. The van der Waals surface area contributed by atoms with Gasteiger partial charge in [-0.25, -0.2) is 4.39 Å². The van der Waals surface area contributed by atoms with Crippen LogP contribution in [0, 0.1) is 5.82 Å². The van der Waals surface area contributed by atoms with Crippen molar-refractivity contribution in [2.45, 2.75) is 18.6 Å². The predicted molar refractivity (Wildman–Crippen MR) is 72.0 cm³/mol. The lowest BCUT2D eigenvalue weighted by Crippen LogP contribution is -2.38. The van der Waals surface area contributed by atoms with Gasteiger partial charge in [-0.3, -0.25) is 4.79 Å². The van der Waals surface area contributed by atoms with Crippen LogP contribution in [0.1, 0.15) is 22.3 Å². The maximum atomic E-state index is 13.6. The van der Waals surface area contributed by atoms with E-state index in [1.165, 1.54) is 11.9 Å². The molecule has 1 aromatic carbocycles. The van der Waals surface area contributed by atoms with Crippen LogP contribution in [-0.4, -0.2) is 37.0 Å². The third kappa shape index (κ3) is 3.85. The summed E-state index contributed by atoms with van der Waals surface area (Å²) in [4.78, 5) is 13.4. The molecule has 21 heavy (non-hydrogen) atoms. The normalized spacial score (nSPS) is 18.2. The molecule has 1 amide bonds. The van der Waals surface area contributed by atoms with Gasteiger partial charge in [0.15, 0.2) is 0 Å². The number of rotatable bonds is 2. The number of alkyl halides is 3. The molecule has 1 aliphatic rings. The molecule has 1 aliphatic heterocycles. The van der Waals surface area contributed by atoms with Gasteiger partial charge in [0.2, 0.25) is 0 Å². The standard InChI is InChI=1S/C13H14F4N2O.ClH/c1-19(9-4-5-18-7-9)12(20)10-6-8(13(15,16)17)2-3-11(10)14;/h2-3,6,9,18H,4-5,7H2,1H3;1H. The van der Waals surface area contributed by atoms with E-state index in [9.17, 15) is 22.4 Å². The number of hydrogen-bond donors (Lipinski definition) is 1. The summed E-state index contributed by atoms with van der Waals surface area (Å²) in [6.07, 6.45) is -3.90. The predicted octanol–water partition coefficient (Wildman–Crippen LogP) is 2.70. The van der Waals surface area contributed by atoms with Crippen molar-refractivity contribution in [2.75, 3.05) is 20.1 Å². The highest BCUT2D eigenvalue weighted by Crippen LogP contribution is 2.30. The molecular formula is C13H15ClF4N2O. The second-order valence-electron chi connectivity index (χ2n) is 4.76. The molecule has 8 heteroatoms. The van der Waals surface area contributed by atoms with Crippen molar-refractivity contribution in [2.24, 2.45) is 0 Å². The first-order valence-corrected chi connectivity index (χ1v) is 6.15. The first-order chi connectivity index (χ1) is 9.30. The molecule has 1 saturated heterocycles. The summed E-state index contributed by atoms with van der Waals surface area (Å²) in [5.41, 5.74) is -1.57. The van der Waals surface area contributed by atoms with Gasteiger partial charge in [-0.15, -0.1) is 12.4 Å². The molecule has 1 aromatic rings. The zero-order valence-corrected chi connectivity index (χ0v) is 12.0. The summed E-state index contributed by atoms with van der Waals surface area (Å²) in [6, 6.07) is 1.74. The van der Waals surface area contributed by atoms with Gasteiger partial charge < -0.3 is 10.2 Å². The van der Waals surface area contributed by atoms with E-state index in [0.29, 0.717) is 31.2 Å². The van der Waals surface area contributed by atoms with Crippen LogP contribution >= 0.6 is 12.4 Å². The lowest BCUT2D eigenvalue weighted by Gasteiger charge is -2.24. The number of hydrogen-bond acceptors (Lipinski definition) is 2. The molecule has 1 heterocycles. The molecular weight excluding hydrogens is 312 g/mol. The number of halogens is 5. The number of carbonyl (C=O) groups excluding carboxylic acids is 1. The molecule has 0 bridgehead atoms. The van der Waals surface area contributed by atoms with Gasteiger partial charge >= 0.3 is 6.18 Å². The van der Waals surface area contributed by atoms with Crippen LogP contribution in [-0.2, 0) is 6.18 Å². The molecule has 0 spiro atoms. The molecule has 1 N–H and O–H groups in total. The van der Waals surface area contributed by atoms with Crippen LogP contribution in [0.15, 0.2) is 18.2 Å². The summed E-state index contributed by atoms with van der Waals surface area (Å²) < 4.78 is 51.4. The molecule has 3 nitrogen and oxygen atoms in total. The van der Waals surface area contributed by atoms with Crippen LogP contribution < -0.4 is 5.32 Å². The quantitative estimate of drug-likeness (QED) is 0.848. The molecule has 2 rings (SSSR count). The minimum Gasteiger partial charge on any atom is -0.337 e. The SMILES string of the molecule is CN(C(=O)c1cc(C(F)(F)F)ccc1F)C1CCNC1.Cl. The first kappa shape index (κ1) is 17.7. The average Bonchev–Trinajstić information content (AvgIpc) is 2.90. The third-order valence-corrected chi connectivity index (χ3v) is 3.43. The molecule has 0 aliphatic carbocycles. The van der Waals surface area contributed by atoms with Crippen LogP contribution in [0.5, 0.6) is 0 Å². The van der Waals surface area contributed by atoms with Crippen molar-refractivity contribution in [1.82, 2.24) is 10.2 Å². The van der Waals surface area contributed by atoms with Crippen molar-refractivity contribution >= 4 is 18.3 Å². The van der Waals surface area contributed by atoms with Gasteiger partial charge in [-0.1, -0.05) is 0 Å². The van der Waals surface area contributed by atoms with Gasteiger partial charge in [-0.2, -0.15) is 13.2 Å². The fourth-order valence-electron chi connectivity index (χ4n) is 2.19. The Kier molecular flexibility index (Phi) is 5.58. The Hall–Kier alpha value is -1.34. The van der Waals surface area contributed by atoms with E-state index in [1.807, 2.05) is 0 Å². The van der Waals surface area contributed by atoms with Crippen molar-refractivity contribution in [3.05, 3.63) is 35.1 Å². The third-order valence-electron chi connectivity index (χ3n) is 3.43. The zero-order chi connectivity index (χ0) is 14.9. The second kappa shape index (κ2) is 6.62. The summed E-state index contributed by atoms with van der Waals surface area (Å²) in [7, 11) is 1.47. The number of nitrogens with one attached hydrogen (secondary N) is 1. The molecule has 1 atom stereocenters. The van der Waals surface area contributed by atoms with Crippen LogP contribution in [0.25, 0.3) is 0 Å².